The number of hydrogen-bond acceptors (Lipinski definition) is 10. The number of nitrogens with one attached hydrogen (secondary N) is 2. The summed E-state index contributed by atoms with van der Waals surface area (Å²) in [5, 5.41) is 24.8. The number of methoxy groups -OCH3 is 1. The molecule has 0 radical (unpaired) electrons. The van der Waals surface area contributed by atoms with Gasteiger partial charge in [0.25, 0.3) is 0 Å². The highest BCUT2D eigenvalue weighted by atomic mass is 35.5. The molecule has 2 atom stereocenters. The van der Waals surface area contributed by atoms with Crippen molar-refractivity contribution in [1.82, 2.24) is 29.7 Å². The number of aliphatic hydroxyl groups is 1. The molecule has 3 rings (SSSR count). The first-order valence-electron chi connectivity index (χ1n) is 9.98. The summed E-state index contributed by atoms with van der Waals surface area (Å²) >= 11 is 5.82. The second-order valence-corrected chi connectivity index (χ2v) is 9.70. The largest absolute Gasteiger partial charge is 0.510 e. The number of ether oxygens (including phenoxy) is 1. The predicted octanol–water partition coefficient (Wildman–Crippen LogP) is 2.82. The summed E-state index contributed by atoms with van der Waals surface area (Å²) in [5.41, 5.74) is 0.343. The fraction of sp³-hybridized carbons (Fsp3) is 0.300. The molecule has 0 spiro atoms. The lowest BCUT2D eigenvalue weighted by molar-refractivity contribution is 0.378. The molecule has 0 amide bonds. The van der Waals surface area contributed by atoms with E-state index < -0.39 is 21.2 Å². The molecule has 0 aromatic carbocycles. The van der Waals surface area contributed by atoms with E-state index in [-0.39, 0.29) is 24.1 Å². The first-order valence-corrected chi connectivity index (χ1v) is 11.9. The number of sulfonamides is 1. The molecule has 3 N–H and O–H groups in total. The van der Waals surface area contributed by atoms with Crippen molar-refractivity contribution in [2.45, 2.75) is 31.6 Å². The van der Waals surface area contributed by atoms with Gasteiger partial charge < -0.3 is 15.3 Å². The maximum Gasteiger partial charge on any atom is 0.239 e. The first-order chi connectivity index (χ1) is 16.2. The average Bonchev–Trinajstić information content (AvgIpc) is 3.19. The number of allylic oxidation sites excluding steroid dienone is 2. The van der Waals surface area contributed by atoms with Crippen molar-refractivity contribution in [2.24, 2.45) is 0 Å². The van der Waals surface area contributed by atoms with Gasteiger partial charge >= 0.3 is 0 Å². The van der Waals surface area contributed by atoms with E-state index in [2.05, 4.69) is 29.9 Å². The fourth-order valence-electron chi connectivity index (χ4n) is 2.94. The number of aliphatic hydroxyl groups excluding tert-OH is 1. The quantitative estimate of drug-likeness (QED) is 0.276. The molecule has 14 heteroatoms. The minimum Gasteiger partial charge on any atom is -0.510 e. The molecule has 0 saturated heterocycles. The third-order valence-corrected chi connectivity index (χ3v) is 7.03. The van der Waals surface area contributed by atoms with Gasteiger partial charge in [-0.25, -0.2) is 23.4 Å². The number of aromatic nitrogens is 6. The topological polar surface area (TPSA) is 169 Å². The van der Waals surface area contributed by atoms with E-state index in [1.54, 1.807) is 25.1 Å². The summed E-state index contributed by atoms with van der Waals surface area (Å²) < 4.78 is 35.3. The fourth-order valence-corrected chi connectivity index (χ4v) is 4.29. The second kappa shape index (κ2) is 10.6. The van der Waals surface area contributed by atoms with Crippen LogP contribution in [0, 0.1) is 5.41 Å². The molecule has 0 bridgehead atoms. The monoisotopic (exact) mass is 506 g/mol. The first kappa shape index (κ1) is 25.1. The Labute approximate surface area is 201 Å². The maximum absolute atomic E-state index is 13.2. The average molecular weight is 507 g/mol. The summed E-state index contributed by atoms with van der Waals surface area (Å²) in [5.74, 6) is -0.105. The van der Waals surface area contributed by atoms with Crippen molar-refractivity contribution < 1.29 is 18.3 Å². The molecule has 3 heterocycles. The lowest BCUT2D eigenvalue weighted by atomic mass is 10.1. The van der Waals surface area contributed by atoms with Crippen LogP contribution in [0.25, 0.3) is 11.5 Å². The summed E-state index contributed by atoms with van der Waals surface area (Å²) in [4.78, 5) is 12.5. The van der Waals surface area contributed by atoms with Crippen LogP contribution in [0.2, 0.25) is 5.02 Å². The van der Waals surface area contributed by atoms with Crippen molar-refractivity contribution in [2.75, 3.05) is 11.8 Å². The van der Waals surface area contributed by atoms with E-state index in [1.807, 2.05) is 0 Å². The zero-order chi connectivity index (χ0) is 24.9. The van der Waals surface area contributed by atoms with E-state index in [4.69, 9.17) is 21.7 Å². The van der Waals surface area contributed by atoms with Gasteiger partial charge in [-0.15, -0.1) is 10.2 Å². The number of anilines is 1. The lowest BCUT2D eigenvalue weighted by Gasteiger charge is -2.20. The summed E-state index contributed by atoms with van der Waals surface area (Å²) in [6, 6.07) is 4.97. The van der Waals surface area contributed by atoms with Crippen LogP contribution in [0.3, 0.4) is 0 Å². The standard InChI is InChI=1S/C20H23ClN8O4S/c1-12(18-23-9-14(21)10-24-18)13(2)34(31,32)28-20-27-26-19(29(20)11-15(30)7-8-22)16-5-4-6-17(25-16)33-3/h4-10,12-13,22,30H,11H2,1-3H3,(H,27,28)/b15-7-,22-8?/t12-,13-/m0/s1. The van der Waals surface area contributed by atoms with Crippen LogP contribution >= 0.6 is 11.6 Å². The van der Waals surface area contributed by atoms with Gasteiger partial charge in [-0.05, 0) is 19.1 Å². The number of hydrogen-bond donors (Lipinski definition) is 3. The summed E-state index contributed by atoms with van der Waals surface area (Å²) in [7, 11) is -2.54. The van der Waals surface area contributed by atoms with Crippen molar-refractivity contribution in [1.29, 1.82) is 5.41 Å². The second-order valence-electron chi connectivity index (χ2n) is 7.22. The Morgan fingerprint density at radius 2 is 2.00 bits per heavy atom. The smallest absolute Gasteiger partial charge is 0.239 e. The lowest BCUT2D eigenvalue weighted by Crippen LogP contribution is -2.31. The molecule has 0 unspecified atom stereocenters. The SMILES string of the molecule is COc1cccc(-c2nnc(NS(=O)(=O)[C@@H](C)[C@H](C)c3ncc(Cl)cn3)n2C/C(O)=C/C=N)n1. The van der Waals surface area contributed by atoms with Gasteiger partial charge in [0.1, 0.15) is 17.3 Å². The summed E-state index contributed by atoms with van der Waals surface area (Å²) in [6.45, 7) is 2.99. The van der Waals surface area contributed by atoms with Gasteiger partial charge in [0, 0.05) is 30.6 Å². The number of halogens is 1. The molecule has 0 fully saturated rings. The molecular weight excluding hydrogens is 484 g/mol. The van der Waals surface area contributed by atoms with E-state index in [0.717, 1.165) is 12.3 Å². The van der Waals surface area contributed by atoms with Gasteiger partial charge in [0.05, 0.1) is 23.9 Å². The Morgan fingerprint density at radius 3 is 2.65 bits per heavy atom. The number of rotatable bonds is 10. The molecule has 0 aliphatic carbocycles. The van der Waals surface area contributed by atoms with Crippen LogP contribution in [0.5, 0.6) is 5.88 Å². The van der Waals surface area contributed by atoms with Crippen LogP contribution in [0.1, 0.15) is 25.6 Å². The Bertz CT molecular complexity index is 1290. The third kappa shape index (κ3) is 5.66. The molecule has 0 aliphatic rings. The number of pyridine rings is 1. The van der Waals surface area contributed by atoms with E-state index in [1.165, 1.54) is 31.0 Å². The highest BCUT2D eigenvalue weighted by Gasteiger charge is 2.31. The highest BCUT2D eigenvalue weighted by Crippen LogP contribution is 2.26. The molecule has 34 heavy (non-hydrogen) atoms. The minimum absolute atomic E-state index is 0.138. The van der Waals surface area contributed by atoms with Gasteiger partial charge in [-0.2, -0.15) is 0 Å². The van der Waals surface area contributed by atoms with Crippen molar-refractivity contribution in [3.8, 4) is 17.4 Å². The highest BCUT2D eigenvalue weighted by molar-refractivity contribution is 7.93. The predicted molar refractivity (Wildman–Crippen MR) is 127 cm³/mol. The maximum atomic E-state index is 13.2. The van der Waals surface area contributed by atoms with Crippen LogP contribution in [0.4, 0.5) is 5.95 Å². The third-order valence-electron chi connectivity index (χ3n) is 4.98. The molecule has 0 saturated carbocycles. The number of nitrogens with zero attached hydrogens (tertiary/aromatic N) is 6. The molecule has 180 valence electrons. The zero-order valence-electron chi connectivity index (χ0n) is 18.5. The van der Waals surface area contributed by atoms with Gasteiger partial charge in [0.2, 0.25) is 21.9 Å². The van der Waals surface area contributed by atoms with Crippen molar-refractivity contribution >= 4 is 33.8 Å². The molecule has 3 aromatic heterocycles. The zero-order valence-corrected chi connectivity index (χ0v) is 20.1. The van der Waals surface area contributed by atoms with Crippen LogP contribution in [0.15, 0.2) is 42.4 Å². The summed E-state index contributed by atoms with van der Waals surface area (Å²) in [6.07, 6.45) is 4.86. The van der Waals surface area contributed by atoms with Crippen molar-refractivity contribution in [3.05, 3.63) is 53.3 Å². The molecule has 3 aromatic rings. The molecular formula is C20H23ClN8O4S. The van der Waals surface area contributed by atoms with Crippen LogP contribution < -0.4 is 9.46 Å². The van der Waals surface area contributed by atoms with Gasteiger partial charge in [-0.3, -0.25) is 9.29 Å². The van der Waals surface area contributed by atoms with Gasteiger partial charge in [-0.1, -0.05) is 24.6 Å². The van der Waals surface area contributed by atoms with E-state index >= 15 is 0 Å². The normalized spacial score (nSPS) is 13.8. The van der Waals surface area contributed by atoms with Crippen molar-refractivity contribution in [3.63, 3.8) is 0 Å². The van der Waals surface area contributed by atoms with E-state index in [0.29, 0.717) is 22.4 Å². The Hall–Kier alpha value is -3.58. The van der Waals surface area contributed by atoms with Crippen LogP contribution in [-0.2, 0) is 16.6 Å². The Kier molecular flexibility index (Phi) is 7.79. The molecule has 12 nitrogen and oxygen atoms in total. The van der Waals surface area contributed by atoms with Crippen LogP contribution in [-0.4, -0.2) is 61.8 Å². The van der Waals surface area contributed by atoms with E-state index in [9.17, 15) is 13.5 Å². The van der Waals surface area contributed by atoms with Gasteiger partial charge in [0.15, 0.2) is 5.82 Å². The minimum atomic E-state index is -4.00. The Morgan fingerprint density at radius 1 is 1.29 bits per heavy atom. The molecule has 0 aliphatic heterocycles. The Balaban J connectivity index is 1.97.